The van der Waals surface area contributed by atoms with Crippen LogP contribution in [0, 0.1) is 5.92 Å². The van der Waals surface area contributed by atoms with Crippen molar-refractivity contribution in [2.24, 2.45) is 5.92 Å². The fourth-order valence-electron chi connectivity index (χ4n) is 3.08. The number of likely N-dealkylation sites (tertiary alicyclic amines) is 1. The SMILES string of the molecule is COc1cccc(C2CC2C(=O)N2CCC(F)(C(=O)O)C2)c1. The maximum absolute atomic E-state index is 14.0. The van der Waals surface area contributed by atoms with Gasteiger partial charge in [-0.25, -0.2) is 9.18 Å². The molecular formula is C16H18FNO4. The van der Waals surface area contributed by atoms with Crippen molar-refractivity contribution < 1.29 is 23.8 Å². The number of ether oxygens (including phenoxy) is 1. The van der Waals surface area contributed by atoms with Crippen molar-refractivity contribution in [2.45, 2.75) is 24.4 Å². The Morgan fingerprint density at radius 2 is 2.23 bits per heavy atom. The maximum atomic E-state index is 14.0. The van der Waals surface area contributed by atoms with E-state index in [1.807, 2.05) is 24.3 Å². The summed E-state index contributed by atoms with van der Waals surface area (Å²) < 4.78 is 19.2. The van der Waals surface area contributed by atoms with Crippen molar-refractivity contribution in [3.8, 4) is 5.75 Å². The Hall–Kier alpha value is -2.11. The predicted octanol–water partition coefficient (Wildman–Crippen LogP) is 1.82. The molecule has 1 aliphatic carbocycles. The van der Waals surface area contributed by atoms with E-state index in [9.17, 15) is 14.0 Å². The lowest BCUT2D eigenvalue weighted by Gasteiger charge is -2.17. The highest BCUT2D eigenvalue weighted by Crippen LogP contribution is 2.49. The van der Waals surface area contributed by atoms with Crippen molar-refractivity contribution in [1.82, 2.24) is 4.90 Å². The molecule has 5 nitrogen and oxygen atoms in total. The van der Waals surface area contributed by atoms with Gasteiger partial charge in [-0.2, -0.15) is 0 Å². The van der Waals surface area contributed by atoms with Gasteiger partial charge in [-0.05, 0) is 30.0 Å². The third-order valence-corrected chi connectivity index (χ3v) is 4.54. The van der Waals surface area contributed by atoms with Crippen LogP contribution in [0.4, 0.5) is 4.39 Å². The van der Waals surface area contributed by atoms with Crippen LogP contribution in [0.5, 0.6) is 5.75 Å². The molecule has 2 fully saturated rings. The summed E-state index contributed by atoms with van der Waals surface area (Å²) in [4.78, 5) is 24.6. The van der Waals surface area contributed by atoms with Crippen molar-refractivity contribution in [1.29, 1.82) is 0 Å². The fraction of sp³-hybridized carbons (Fsp3) is 0.500. The van der Waals surface area contributed by atoms with Gasteiger partial charge in [-0.3, -0.25) is 4.79 Å². The van der Waals surface area contributed by atoms with E-state index in [0.717, 1.165) is 17.7 Å². The molecule has 22 heavy (non-hydrogen) atoms. The number of hydrogen-bond donors (Lipinski definition) is 1. The monoisotopic (exact) mass is 307 g/mol. The van der Waals surface area contributed by atoms with Gasteiger partial charge in [-0.15, -0.1) is 0 Å². The predicted molar refractivity (Wildman–Crippen MR) is 76.5 cm³/mol. The first-order chi connectivity index (χ1) is 10.4. The third kappa shape index (κ3) is 2.53. The van der Waals surface area contributed by atoms with Crippen LogP contribution in [0.2, 0.25) is 0 Å². The van der Waals surface area contributed by atoms with Crippen LogP contribution in [-0.4, -0.2) is 47.8 Å². The number of benzene rings is 1. The lowest BCUT2D eigenvalue weighted by molar-refractivity contribution is -0.150. The number of carboxylic acids is 1. The minimum absolute atomic E-state index is 0.113. The van der Waals surface area contributed by atoms with Gasteiger partial charge < -0.3 is 14.7 Å². The molecule has 1 amide bonds. The molecule has 0 radical (unpaired) electrons. The molecule has 0 aromatic heterocycles. The molecule has 1 saturated carbocycles. The number of carbonyl (C=O) groups is 2. The average molecular weight is 307 g/mol. The Bertz CT molecular complexity index is 620. The van der Waals surface area contributed by atoms with Crippen LogP contribution < -0.4 is 4.74 Å². The van der Waals surface area contributed by atoms with E-state index >= 15 is 0 Å². The van der Waals surface area contributed by atoms with Gasteiger partial charge in [0.05, 0.1) is 13.7 Å². The molecule has 3 unspecified atom stereocenters. The molecule has 6 heteroatoms. The molecule has 0 spiro atoms. The van der Waals surface area contributed by atoms with Gasteiger partial charge in [0.15, 0.2) is 0 Å². The number of carbonyl (C=O) groups excluding carboxylic acids is 1. The Morgan fingerprint density at radius 1 is 1.45 bits per heavy atom. The number of methoxy groups -OCH3 is 1. The highest BCUT2D eigenvalue weighted by Gasteiger charge is 2.52. The van der Waals surface area contributed by atoms with Gasteiger partial charge in [0, 0.05) is 18.9 Å². The minimum Gasteiger partial charge on any atom is -0.497 e. The number of aliphatic carboxylic acids is 1. The summed E-state index contributed by atoms with van der Waals surface area (Å²) in [6.07, 6.45) is 0.583. The Labute approximate surface area is 127 Å². The first kappa shape index (κ1) is 14.8. The first-order valence-electron chi connectivity index (χ1n) is 7.29. The second kappa shape index (κ2) is 5.26. The molecule has 1 aromatic carbocycles. The highest BCUT2D eigenvalue weighted by atomic mass is 19.1. The van der Waals surface area contributed by atoms with Crippen LogP contribution in [0.15, 0.2) is 24.3 Å². The summed E-state index contributed by atoms with van der Waals surface area (Å²) >= 11 is 0. The molecular weight excluding hydrogens is 289 g/mol. The molecule has 0 bridgehead atoms. The van der Waals surface area contributed by atoms with E-state index in [0.29, 0.717) is 0 Å². The van der Waals surface area contributed by atoms with Gasteiger partial charge in [0.2, 0.25) is 11.6 Å². The van der Waals surface area contributed by atoms with Crippen molar-refractivity contribution in [2.75, 3.05) is 20.2 Å². The molecule has 118 valence electrons. The number of nitrogens with zero attached hydrogens (tertiary/aromatic N) is 1. The van der Waals surface area contributed by atoms with Crippen molar-refractivity contribution in [3.05, 3.63) is 29.8 Å². The highest BCUT2D eigenvalue weighted by molar-refractivity contribution is 5.86. The standard InChI is InChI=1S/C16H18FNO4/c1-22-11-4-2-3-10(7-11)12-8-13(12)14(19)18-6-5-16(17,9-18)15(20)21/h2-4,7,12-13H,5-6,8-9H2,1H3,(H,20,21). The lowest BCUT2D eigenvalue weighted by atomic mass is 10.1. The third-order valence-electron chi connectivity index (χ3n) is 4.54. The summed E-state index contributed by atoms with van der Waals surface area (Å²) in [6, 6.07) is 7.56. The summed E-state index contributed by atoms with van der Waals surface area (Å²) in [6.45, 7) is -0.175. The van der Waals surface area contributed by atoms with E-state index in [-0.39, 0.29) is 37.3 Å². The van der Waals surface area contributed by atoms with Crippen LogP contribution in [0.1, 0.15) is 24.3 Å². The normalized spacial score (nSPS) is 30.2. The van der Waals surface area contributed by atoms with Gasteiger partial charge in [0.25, 0.3) is 0 Å². The smallest absolute Gasteiger partial charge is 0.343 e. The molecule has 1 N–H and O–H groups in total. The average Bonchev–Trinajstić information content (AvgIpc) is 3.22. The minimum atomic E-state index is -2.30. The summed E-state index contributed by atoms with van der Waals surface area (Å²) in [5, 5.41) is 8.89. The summed E-state index contributed by atoms with van der Waals surface area (Å²) in [5.41, 5.74) is -1.27. The molecule has 3 atom stereocenters. The summed E-state index contributed by atoms with van der Waals surface area (Å²) in [7, 11) is 1.59. The molecule has 1 aromatic rings. The van der Waals surface area contributed by atoms with E-state index in [1.54, 1.807) is 7.11 Å². The molecule has 1 aliphatic heterocycles. The number of carboxylic acid groups (broad SMARTS) is 1. The van der Waals surface area contributed by atoms with Crippen molar-refractivity contribution in [3.63, 3.8) is 0 Å². The molecule has 2 aliphatic rings. The van der Waals surface area contributed by atoms with E-state index in [1.165, 1.54) is 4.90 Å². The largest absolute Gasteiger partial charge is 0.497 e. The number of alkyl halides is 1. The Morgan fingerprint density at radius 3 is 2.86 bits per heavy atom. The van der Waals surface area contributed by atoms with E-state index < -0.39 is 11.6 Å². The topological polar surface area (TPSA) is 66.8 Å². The number of rotatable bonds is 4. The second-order valence-corrected chi connectivity index (χ2v) is 6.01. The van der Waals surface area contributed by atoms with Crippen LogP contribution in [-0.2, 0) is 9.59 Å². The quantitative estimate of drug-likeness (QED) is 0.921. The van der Waals surface area contributed by atoms with E-state index in [4.69, 9.17) is 9.84 Å². The van der Waals surface area contributed by atoms with Gasteiger partial charge >= 0.3 is 5.97 Å². The summed E-state index contributed by atoms with van der Waals surface area (Å²) in [5.74, 6) is -0.952. The Kier molecular flexibility index (Phi) is 3.54. The van der Waals surface area contributed by atoms with E-state index in [2.05, 4.69) is 0 Å². The molecule has 1 heterocycles. The second-order valence-electron chi connectivity index (χ2n) is 6.01. The molecule has 3 rings (SSSR count). The zero-order valence-corrected chi connectivity index (χ0v) is 12.3. The van der Waals surface area contributed by atoms with Gasteiger partial charge in [-0.1, -0.05) is 12.1 Å². The van der Waals surface area contributed by atoms with Crippen LogP contribution in [0.3, 0.4) is 0 Å². The van der Waals surface area contributed by atoms with Crippen LogP contribution >= 0.6 is 0 Å². The first-order valence-corrected chi connectivity index (χ1v) is 7.29. The zero-order valence-electron chi connectivity index (χ0n) is 12.3. The Balaban J connectivity index is 1.65. The number of halogens is 1. The maximum Gasteiger partial charge on any atom is 0.343 e. The number of hydrogen-bond acceptors (Lipinski definition) is 3. The van der Waals surface area contributed by atoms with Gasteiger partial charge in [0.1, 0.15) is 5.75 Å². The number of amides is 1. The molecule has 1 saturated heterocycles. The zero-order chi connectivity index (χ0) is 15.9. The fourth-order valence-corrected chi connectivity index (χ4v) is 3.08. The lowest BCUT2D eigenvalue weighted by Crippen LogP contribution is -2.39. The van der Waals surface area contributed by atoms with Crippen molar-refractivity contribution >= 4 is 11.9 Å². The van der Waals surface area contributed by atoms with Crippen LogP contribution in [0.25, 0.3) is 0 Å².